The van der Waals surface area contributed by atoms with Crippen molar-refractivity contribution in [3.63, 3.8) is 0 Å². The van der Waals surface area contributed by atoms with Crippen LogP contribution >= 0.6 is 15.9 Å². The third-order valence-electron chi connectivity index (χ3n) is 3.35. The topological polar surface area (TPSA) is 52.3 Å². The van der Waals surface area contributed by atoms with E-state index in [1.807, 2.05) is 30.3 Å². The van der Waals surface area contributed by atoms with Crippen LogP contribution in [-0.2, 0) is 0 Å². The zero-order chi connectivity index (χ0) is 13.7. The van der Waals surface area contributed by atoms with E-state index in [4.69, 9.17) is 4.74 Å². The first-order chi connectivity index (χ1) is 9.79. The number of fused-ring (bicyclic) bond motifs is 5. The number of nitrogens with zero attached hydrogens (tertiary/aromatic N) is 4. The number of hydrogen-bond donors (Lipinski definition) is 0. The van der Waals surface area contributed by atoms with Crippen LogP contribution in [0.1, 0.15) is 0 Å². The first-order valence-corrected chi connectivity index (χ1v) is 6.84. The Labute approximate surface area is 122 Å². The Morgan fingerprint density at radius 1 is 1.20 bits per heavy atom. The summed E-state index contributed by atoms with van der Waals surface area (Å²) in [6, 6.07) is 9.70. The molecule has 20 heavy (non-hydrogen) atoms. The largest absolute Gasteiger partial charge is 0.497 e. The minimum atomic E-state index is 0.765. The summed E-state index contributed by atoms with van der Waals surface area (Å²) in [7, 11) is 1.64. The summed E-state index contributed by atoms with van der Waals surface area (Å²) in [6.07, 6.45) is 1.75. The maximum absolute atomic E-state index is 5.22. The van der Waals surface area contributed by atoms with Crippen molar-refractivity contribution in [2.75, 3.05) is 7.11 Å². The number of halogens is 1. The SMILES string of the molecule is COc1ccc2c(c1)nnn1c3ncccc3c(Br)c21. The van der Waals surface area contributed by atoms with Gasteiger partial charge in [-0.15, -0.1) is 5.10 Å². The zero-order valence-corrected chi connectivity index (χ0v) is 12.1. The van der Waals surface area contributed by atoms with Crippen LogP contribution in [0.2, 0.25) is 0 Å². The van der Waals surface area contributed by atoms with Crippen LogP contribution in [0.5, 0.6) is 5.75 Å². The summed E-state index contributed by atoms with van der Waals surface area (Å²) in [5, 5.41) is 10.5. The molecule has 0 spiro atoms. The Morgan fingerprint density at radius 2 is 2.10 bits per heavy atom. The van der Waals surface area contributed by atoms with Crippen molar-refractivity contribution in [3.8, 4) is 5.75 Å². The molecular formula is C14H9BrN4O. The van der Waals surface area contributed by atoms with Gasteiger partial charge < -0.3 is 4.74 Å². The maximum Gasteiger partial charge on any atom is 0.164 e. The summed E-state index contributed by atoms with van der Waals surface area (Å²) in [6.45, 7) is 0. The Bertz CT molecular complexity index is 964. The van der Waals surface area contributed by atoms with Gasteiger partial charge in [-0.3, -0.25) is 0 Å². The van der Waals surface area contributed by atoms with Gasteiger partial charge in [0, 0.05) is 23.0 Å². The molecule has 6 heteroatoms. The molecule has 0 aliphatic carbocycles. The standard InChI is InChI=1S/C14H9BrN4O/c1-20-8-4-5-9-11(7-8)17-18-19-13(9)12(15)10-3-2-6-16-14(10)19/h2-7H,1H3. The van der Waals surface area contributed by atoms with Gasteiger partial charge in [0.25, 0.3) is 0 Å². The highest BCUT2D eigenvalue weighted by molar-refractivity contribution is 9.10. The molecule has 0 saturated carbocycles. The number of ether oxygens (including phenoxy) is 1. The molecular weight excluding hydrogens is 320 g/mol. The van der Waals surface area contributed by atoms with Crippen LogP contribution in [0, 0.1) is 0 Å². The monoisotopic (exact) mass is 328 g/mol. The summed E-state index contributed by atoms with van der Waals surface area (Å²) >= 11 is 3.65. The molecule has 0 bridgehead atoms. The van der Waals surface area contributed by atoms with Crippen LogP contribution < -0.4 is 4.74 Å². The molecule has 4 aromatic rings. The van der Waals surface area contributed by atoms with Gasteiger partial charge >= 0.3 is 0 Å². The van der Waals surface area contributed by atoms with Crippen molar-refractivity contribution in [2.24, 2.45) is 0 Å². The van der Waals surface area contributed by atoms with Gasteiger partial charge in [0.15, 0.2) is 5.65 Å². The summed E-state index contributed by atoms with van der Waals surface area (Å²) < 4.78 is 7.96. The van der Waals surface area contributed by atoms with E-state index in [1.165, 1.54) is 0 Å². The highest BCUT2D eigenvalue weighted by Crippen LogP contribution is 2.34. The first-order valence-electron chi connectivity index (χ1n) is 6.05. The Morgan fingerprint density at radius 3 is 2.95 bits per heavy atom. The van der Waals surface area contributed by atoms with Crippen molar-refractivity contribution in [1.82, 2.24) is 19.8 Å². The van der Waals surface area contributed by atoms with Gasteiger partial charge in [0.05, 0.1) is 17.1 Å². The third kappa shape index (κ3) is 1.45. The molecule has 0 unspecified atom stereocenters. The van der Waals surface area contributed by atoms with Gasteiger partial charge in [-0.2, -0.15) is 4.52 Å². The number of aromatic nitrogens is 4. The molecule has 0 aliphatic heterocycles. The fourth-order valence-corrected chi connectivity index (χ4v) is 3.09. The lowest BCUT2D eigenvalue weighted by Crippen LogP contribution is -1.97. The second-order valence-corrected chi connectivity index (χ2v) is 5.21. The highest BCUT2D eigenvalue weighted by Gasteiger charge is 2.15. The number of benzene rings is 1. The van der Waals surface area contributed by atoms with Crippen LogP contribution in [0.15, 0.2) is 41.0 Å². The van der Waals surface area contributed by atoms with E-state index in [2.05, 4.69) is 31.2 Å². The van der Waals surface area contributed by atoms with E-state index in [-0.39, 0.29) is 0 Å². The summed E-state index contributed by atoms with van der Waals surface area (Å²) in [5.41, 5.74) is 2.55. The minimum absolute atomic E-state index is 0.765. The van der Waals surface area contributed by atoms with Gasteiger partial charge in [-0.25, -0.2) is 4.98 Å². The number of pyridine rings is 1. The Hall–Kier alpha value is -2.21. The number of methoxy groups -OCH3 is 1. The molecule has 0 saturated heterocycles. The molecule has 0 radical (unpaired) electrons. The molecule has 0 fully saturated rings. The maximum atomic E-state index is 5.22. The Kier molecular flexibility index (Phi) is 2.40. The second-order valence-electron chi connectivity index (χ2n) is 4.42. The number of rotatable bonds is 1. The van der Waals surface area contributed by atoms with Crippen LogP contribution in [0.3, 0.4) is 0 Å². The van der Waals surface area contributed by atoms with Crippen molar-refractivity contribution < 1.29 is 4.74 Å². The third-order valence-corrected chi connectivity index (χ3v) is 4.15. The van der Waals surface area contributed by atoms with E-state index in [0.717, 1.165) is 37.7 Å². The van der Waals surface area contributed by atoms with Crippen LogP contribution in [-0.4, -0.2) is 26.9 Å². The second kappa shape index (κ2) is 4.14. The summed E-state index contributed by atoms with van der Waals surface area (Å²) in [5.74, 6) is 0.765. The molecule has 0 amide bonds. The van der Waals surface area contributed by atoms with E-state index in [9.17, 15) is 0 Å². The fourth-order valence-electron chi connectivity index (χ4n) is 2.40. The molecule has 4 rings (SSSR count). The van der Waals surface area contributed by atoms with Crippen molar-refractivity contribution in [1.29, 1.82) is 0 Å². The predicted octanol–water partition coefficient (Wildman–Crippen LogP) is 3.20. The van der Waals surface area contributed by atoms with E-state index in [0.29, 0.717) is 0 Å². The summed E-state index contributed by atoms with van der Waals surface area (Å²) in [4.78, 5) is 4.38. The van der Waals surface area contributed by atoms with Crippen molar-refractivity contribution in [2.45, 2.75) is 0 Å². The van der Waals surface area contributed by atoms with Crippen LogP contribution in [0.4, 0.5) is 0 Å². The van der Waals surface area contributed by atoms with Gasteiger partial charge in [0.1, 0.15) is 11.3 Å². The molecule has 3 aromatic heterocycles. The molecule has 0 atom stereocenters. The number of hydrogen-bond acceptors (Lipinski definition) is 4. The molecule has 0 N–H and O–H groups in total. The first kappa shape index (κ1) is 11.6. The quantitative estimate of drug-likeness (QED) is 0.538. The van der Waals surface area contributed by atoms with Crippen molar-refractivity contribution in [3.05, 3.63) is 41.0 Å². The molecule has 0 aliphatic rings. The van der Waals surface area contributed by atoms with Crippen LogP contribution in [0.25, 0.3) is 27.5 Å². The predicted molar refractivity (Wildman–Crippen MR) is 80.0 cm³/mol. The highest BCUT2D eigenvalue weighted by atomic mass is 79.9. The molecule has 1 aromatic carbocycles. The average molecular weight is 329 g/mol. The van der Waals surface area contributed by atoms with Crippen molar-refractivity contribution >= 4 is 43.4 Å². The Balaban J connectivity index is 2.24. The molecule has 98 valence electrons. The van der Waals surface area contributed by atoms with Gasteiger partial charge in [-0.05, 0) is 40.2 Å². The average Bonchev–Trinajstić information content (AvgIpc) is 2.80. The van der Waals surface area contributed by atoms with E-state index in [1.54, 1.807) is 17.8 Å². The normalized spacial score (nSPS) is 11.5. The lowest BCUT2D eigenvalue weighted by Gasteiger charge is -2.03. The van der Waals surface area contributed by atoms with E-state index < -0.39 is 0 Å². The van der Waals surface area contributed by atoms with Gasteiger partial charge in [0.2, 0.25) is 0 Å². The zero-order valence-electron chi connectivity index (χ0n) is 10.5. The molecule has 5 nitrogen and oxygen atoms in total. The van der Waals surface area contributed by atoms with E-state index >= 15 is 0 Å². The molecule has 3 heterocycles. The minimum Gasteiger partial charge on any atom is -0.497 e. The lowest BCUT2D eigenvalue weighted by atomic mass is 10.2. The fraction of sp³-hybridized carbons (Fsp3) is 0.0714. The lowest BCUT2D eigenvalue weighted by molar-refractivity contribution is 0.415. The van der Waals surface area contributed by atoms with Gasteiger partial charge in [-0.1, -0.05) is 5.21 Å². The smallest absolute Gasteiger partial charge is 0.164 e.